The summed E-state index contributed by atoms with van der Waals surface area (Å²) in [4.78, 5) is 13.2. The molecule has 9 heteroatoms. The summed E-state index contributed by atoms with van der Waals surface area (Å²) in [5.41, 5.74) is 3.33. The van der Waals surface area contributed by atoms with Gasteiger partial charge in [-0.05, 0) is 50.1 Å². The maximum Gasteiger partial charge on any atom is 0.264 e. The summed E-state index contributed by atoms with van der Waals surface area (Å²) in [5.74, 6) is 0.106. The van der Waals surface area contributed by atoms with Gasteiger partial charge in [-0.1, -0.05) is 41.4 Å². The summed E-state index contributed by atoms with van der Waals surface area (Å²) in [6.45, 7) is 5.14. The van der Waals surface area contributed by atoms with E-state index in [9.17, 15) is 13.2 Å². The highest BCUT2D eigenvalue weighted by Crippen LogP contribution is 2.36. The Kier molecular flexibility index (Phi) is 7.74. The third kappa shape index (κ3) is 5.29. The minimum absolute atomic E-state index is 0.0950. The van der Waals surface area contributed by atoms with Gasteiger partial charge in [0.05, 0.1) is 35.5 Å². The Morgan fingerprint density at radius 2 is 1.62 bits per heavy atom. The van der Waals surface area contributed by atoms with Gasteiger partial charge in [-0.2, -0.15) is 0 Å². The van der Waals surface area contributed by atoms with Gasteiger partial charge in [0.25, 0.3) is 10.0 Å². The van der Waals surface area contributed by atoms with Crippen LogP contribution in [0.1, 0.15) is 16.7 Å². The maximum absolute atomic E-state index is 13.6. The number of nitrogens with one attached hydrogen (secondary N) is 1. The largest absolute Gasteiger partial charge is 0.495 e. The SMILES string of the molecule is COc1cc(NC(=O)CN(c2cccc(C)c2C)S(=O)(=O)c2ccc(C)cc2)c(OC)cc1Cl. The Labute approximate surface area is 205 Å². The van der Waals surface area contributed by atoms with Crippen molar-refractivity contribution in [2.75, 3.05) is 30.4 Å². The number of hydrogen-bond acceptors (Lipinski definition) is 5. The zero-order chi connectivity index (χ0) is 25.0. The topological polar surface area (TPSA) is 84.9 Å². The lowest BCUT2D eigenvalue weighted by Crippen LogP contribution is -2.38. The first kappa shape index (κ1) is 25.4. The van der Waals surface area contributed by atoms with E-state index in [0.29, 0.717) is 27.9 Å². The third-order valence-electron chi connectivity index (χ3n) is 5.49. The van der Waals surface area contributed by atoms with Crippen molar-refractivity contribution in [3.05, 3.63) is 76.3 Å². The Morgan fingerprint density at radius 3 is 2.24 bits per heavy atom. The second kappa shape index (κ2) is 10.4. The van der Waals surface area contributed by atoms with Crippen molar-refractivity contribution in [1.82, 2.24) is 0 Å². The van der Waals surface area contributed by atoms with Gasteiger partial charge in [0.1, 0.15) is 18.0 Å². The Morgan fingerprint density at radius 1 is 0.971 bits per heavy atom. The van der Waals surface area contributed by atoms with Crippen molar-refractivity contribution in [3.8, 4) is 11.5 Å². The number of methoxy groups -OCH3 is 2. The predicted molar refractivity (Wildman–Crippen MR) is 135 cm³/mol. The van der Waals surface area contributed by atoms with Gasteiger partial charge in [-0.3, -0.25) is 9.10 Å². The molecule has 0 atom stereocenters. The molecule has 1 N–H and O–H groups in total. The number of anilines is 2. The number of aryl methyl sites for hydroxylation is 2. The zero-order valence-electron chi connectivity index (χ0n) is 19.7. The number of sulfonamides is 1. The van der Waals surface area contributed by atoms with Crippen LogP contribution in [0.3, 0.4) is 0 Å². The van der Waals surface area contributed by atoms with Crippen LogP contribution >= 0.6 is 11.6 Å². The fraction of sp³-hybridized carbons (Fsp3) is 0.240. The van der Waals surface area contributed by atoms with Gasteiger partial charge in [-0.25, -0.2) is 8.42 Å². The number of carbonyl (C=O) groups is 1. The van der Waals surface area contributed by atoms with E-state index in [-0.39, 0.29) is 4.90 Å². The van der Waals surface area contributed by atoms with E-state index in [1.165, 1.54) is 38.5 Å². The molecule has 0 bridgehead atoms. The molecule has 0 spiro atoms. The van der Waals surface area contributed by atoms with Crippen LogP contribution in [-0.2, 0) is 14.8 Å². The fourth-order valence-corrected chi connectivity index (χ4v) is 5.13. The Hall–Kier alpha value is -3.23. The molecular weight excluding hydrogens is 476 g/mol. The number of rotatable bonds is 8. The van der Waals surface area contributed by atoms with Gasteiger partial charge in [-0.15, -0.1) is 0 Å². The normalized spacial score (nSPS) is 11.1. The molecule has 3 rings (SSSR count). The standard InChI is InChI=1S/C25H27ClN2O5S/c1-16-9-11-19(12-10-16)34(30,31)28(22-8-6-7-17(2)18(22)3)15-25(29)27-21-14-23(32-4)20(26)13-24(21)33-5/h6-14H,15H2,1-5H3,(H,27,29). The molecule has 0 unspecified atom stereocenters. The summed E-state index contributed by atoms with van der Waals surface area (Å²) in [6.07, 6.45) is 0. The smallest absolute Gasteiger partial charge is 0.264 e. The quantitative estimate of drug-likeness (QED) is 0.462. The molecular formula is C25H27ClN2O5S. The number of hydrogen-bond donors (Lipinski definition) is 1. The van der Waals surface area contributed by atoms with Crippen LogP contribution in [0.25, 0.3) is 0 Å². The van der Waals surface area contributed by atoms with Crippen LogP contribution in [0.2, 0.25) is 5.02 Å². The van der Waals surface area contributed by atoms with E-state index in [0.717, 1.165) is 21.0 Å². The van der Waals surface area contributed by atoms with Gasteiger partial charge < -0.3 is 14.8 Å². The molecule has 0 heterocycles. The Balaban J connectivity index is 2.02. The monoisotopic (exact) mass is 502 g/mol. The average molecular weight is 503 g/mol. The van der Waals surface area contributed by atoms with E-state index in [1.807, 2.05) is 26.8 Å². The van der Waals surface area contributed by atoms with Crippen LogP contribution < -0.4 is 19.1 Å². The maximum atomic E-state index is 13.6. The highest BCUT2D eigenvalue weighted by atomic mass is 35.5. The van der Waals surface area contributed by atoms with Gasteiger partial charge in [0, 0.05) is 12.1 Å². The van der Waals surface area contributed by atoms with E-state index >= 15 is 0 Å². The molecule has 0 saturated heterocycles. The van der Waals surface area contributed by atoms with E-state index < -0.39 is 22.5 Å². The summed E-state index contributed by atoms with van der Waals surface area (Å²) in [6, 6.07) is 14.9. The molecule has 0 aromatic heterocycles. The third-order valence-corrected chi connectivity index (χ3v) is 7.56. The molecule has 180 valence electrons. The fourth-order valence-electron chi connectivity index (χ4n) is 3.42. The van der Waals surface area contributed by atoms with Crippen LogP contribution in [0.5, 0.6) is 11.5 Å². The van der Waals surface area contributed by atoms with E-state index in [4.69, 9.17) is 21.1 Å². The molecule has 0 radical (unpaired) electrons. The van der Waals surface area contributed by atoms with Crippen LogP contribution in [0, 0.1) is 20.8 Å². The number of halogens is 1. The first-order chi connectivity index (χ1) is 16.1. The molecule has 34 heavy (non-hydrogen) atoms. The molecule has 1 amide bonds. The summed E-state index contributed by atoms with van der Waals surface area (Å²) >= 11 is 6.15. The summed E-state index contributed by atoms with van der Waals surface area (Å²) < 4.78 is 38.9. The number of carbonyl (C=O) groups excluding carboxylic acids is 1. The summed E-state index contributed by atoms with van der Waals surface area (Å²) in [5, 5.41) is 3.04. The molecule has 0 aliphatic rings. The molecule has 0 aliphatic carbocycles. The van der Waals surface area contributed by atoms with Gasteiger partial charge in [0.2, 0.25) is 5.91 Å². The van der Waals surface area contributed by atoms with Crippen molar-refractivity contribution >= 4 is 38.9 Å². The molecule has 0 fully saturated rings. The van der Waals surface area contributed by atoms with Crippen molar-refractivity contribution < 1.29 is 22.7 Å². The molecule has 0 saturated carbocycles. The summed E-state index contributed by atoms with van der Waals surface area (Å²) in [7, 11) is -1.14. The number of nitrogens with zero attached hydrogens (tertiary/aromatic N) is 1. The van der Waals surface area contributed by atoms with Crippen molar-refractivity contribution in [2.24, 2.45) is 0 Å². The molecule has 0 aliphatic heterocycles. The van der Waals surface area contributed by atoms with E-state index in [1.54, 1.807) is 24.3 Å². The minimum Gasteiger partial charge on any atom is -0.495 e. The second-order valence-corrected chi connectivity index (χ2v) is 10.0. The lowest BCUT2D eigenvalue weighted by atomic mass is 10.1. The zero-order valence-corrected chi connectivity index (χ0v) is 21.3. The minimum atomic E-state index is -4.04. The number of ether oxygens (including phenoxy) is 2. The second-order valence-electron chi connectivity index (χ2n) is 7.78. The highest BCUT2D eigenvalue weighted by Gasteiger charge is 2.29. The number of benzene rings is 3. The predicted octanol–water partition coefficient (Wildman–Crippen LogP) is 5.12. The van der Waals surface area contributed by atoms with Gasteiger partial charge >= 0.3 is 0 Å². The average Bonchev–Trinajstić information content (AvgIpc) is 2.80. The molecule has 3 aromatic carbocycles. The first-order valence-corrected chi connectivity index (χ1v) is 12.3. The lowest BCUT2D eigenvalue weighted by Gasteiger charge is -2.26. The highest BCUT2D eigenvalue weighted by molar-refractivity contribution is 7.92. The van der Waals surface area contributed by atoms with Crippen molar-refractivity contribution in [2.45, 2.75) is 25.7 Å². The van der Waals surface area contributed by atoms with Crippen LogP contribution in [0.15, 0.2) is 59.5 Å². The van der Waals surface area contributed by atoms with Crippen LogP contribution in [-0.4, -0.2) is 35.1 Å². The Bertz CT molecular complexity index is 1310. The lowest BCUT2D eigenvalue weighted by molar-refractivity contribution is -0.114. The van der Waals surface area contributed by atoms with Gasteiger partial charge in [0.15, 0.2) is 0 Å². The van der Waals surface area contributed by atoms with Crippen molar-refractivity contribution in [1.29, 1.82) is 0 Å². The molecule has 3 aromatic rings. The first-order valence-electron chi connectivity index (χ1n) is 10.5. The van der Waals surface area contributed by atoms with Crippen molar-refractivity contribution in [3.63, 3.8) is 0 Å². The number of amides is 1. The molecule has 7 nitrogen and oxygen atoms in total. The van der Waals surface area contributed by atoms with E-state index in [2.05, 4.69) is 5.32 Å². The van der Waals surface area contributed by atoms with Crippen LogP contribution in [0.4, 0.5) is 11.4 Å².